The quantitative estimate of drug-likeness (QED) is 0.589. The van der Waals surface area contributed by atoms with Crippen molar-refractivity contribution in [3.05, 3.63) is 54.1 Å². The van der Waals surface area contributed by atoms with Crippen LogP contribution < -0.4 is 9.47 Å². The van der Waals surface area contributed by atoms with Crippen molar-refractivity contribution in [2.75, 3.05) is 14.2 Å². The van der Waals surface area contributed by atoms with Crippen LogP contribution in [0.2, 0.25) is 0 Å². The van der Waals surface area contributed by atoms with Crippen molar-refractivity contribution in [2.24, 2.45) is 0 Å². The van der Waals surface area contributed by atoms with Gasteiger partial charge in [-0.2, -0.15) is 0 Å². The van der Waals surface area contributed by atoms with E-state index in [4.69, 9.17) is 13.9 Å². The number of aromatic carboxylic acids is 1. The molecular weight excluding hydrogens is 334 g/mol. The van der Waals surface area contributed by atoms with Crippen molar-refractivity contribution in [3.8, 4) is 23.0 Å². The number of hydrogen-bond acceptors (Lipinski definition) is 5. The molecule has 2 heterocycles. The first-order valence-corrected chi connectivity index (χ1v) is 7.90. The summed E-state index contributed by atoms with van der Waals surface area (Å²) in [5, 5.41) is 11.1. The Morgan fingerprint density at radius 3 is 2.62 bits per heavy atom. The van der Waals surface area contributed by atoms with Crippen LogP contribution in [-0.2, 0) is 0 Å². The summed E-state index contributed by atoms with van der Waals surface area (Å²) < 4.78 is 16.5. The number of ether oxygens (including phenoxy) is 2. The molecule has 1 N–H and O–H groups in total. The Bertz CT molecular complexity index is 1150. The van der Waals surface area contributed by atoms with Crippen LogP contribution in [0.4, 0.5) is 0 Å². The molecule has 2 aromatic heterocycles. The molecular formula is C20H15NO5. The third kappa shape index (κ3) is 2.43. The summed E-state index contributed by atoms with van der Waals surface area (Å²) >= 11 is 0. The number of methoxy groups -OCH3 is 2. The van der Waals surface area contributed by atoms with Gasteiger partial charge in [0, 0.05) is 16.8 Å². The summed E-state index contributed by atoms with van der Waals surface area (Å²) in [6.07, 6.45) is 0. The molecule has 130 valence electrons. The molecule has 0 unspecified atom stereocenters. The highest BCUT2D eigenvalue weighted by Crippen LogP contribution is 2.38. The maximum atomic E-state index is 11.9. The zero-order valence-electron chi connectivity index (χ0n) is 14.1. The number of carbonyl (C=O) groups is 1. The lowest BCUT2D eigenvalue weighted by atomic mass is 10.0. The number of fused-ring (bicyclic) bond motifs is 2. The molecule has 0 radical (unpaired) electrons. The van der Waals surface area contributed by atoms with Crippen LogP contribution in [0.1, 0.15) is 10.4 Å². The topological polar surface area (TPSA) is 81.8 Å². The summed E-state index contributed by atoms with van der Waals surface area (Å²) in [7, 11) is 3.01. The average molecular weight is 349 g/mol. The van der Waals surface area contributed by atoms with Crippen molar-refractivity contribution in [3.63, 3.8) is 0 Å². The molecule has 2 aromatic carbocycles. The van der Waals surface area contributed by atoms with Gasteiger partial charge in [-0.1, -0.05) is 18.2 Å². The van der Waals surface area contributed by atoms with E-state index >= 15 is 0 Å². The maximum Gasteiger partial charge on any atom is 0.340 e. The maximum absolute atomic E-state index is 11.9. The van der Waals surface area contributed by atoms with E-state index in [1.165, 1.54) is 7.11 Å². The molecule has 0 aliphatic rings. The summed E-state index contributed by atoms with van der Waals surface area (Å²) in [5.74, 6) is 0.183. The van der Waals surface area contributed by atoms with Gasteiger partial charge in [0.2, 0.25) is 0 Å². The number of furan rings is 1. The minimum absolute atomic E-state index is 0.0612. The summed E-state index contributed by atoms with van der Waals surface area (Å²) in [5.41, 5.74) is 1.58. The average Bonchev–Trinajstić information content (AvgIpc) is 3.09. The van der Waals surface area contributed by atoms with Crippen LogP contribution in [0.5, 0.6) is 11.5 Å². The van der Waals surface area contributed by atoms with Crippen LogP contribution >= 0.6 is 0 Å². The Balaban J connectivity index is 2.03. The monoisotopic (exact) mass is 349 g/mol. The van der Waals surface area contributed by atoms with Crippen molar-refractivity contribution in [1.29, 1.82) is 0 Å². The fraction of sp³-hybridized carbons (Fsp3) is 0.100. The molecule has 0 fully saturated rings. The highest BCUT2D eigenvalue weighted by molar-refractivity contribution is 6.07. The zero-order chi connectivity index (χ0) is 18.3. The number of para-hydroxylation sites is 1. The molecule has 0 aliphatic heterocycles. The second kappa shape index (κ2) is 6.07. The molecule has 6 nitrogen and oxygen atoms in total. The number of pyridine rings is 1. The van der Waals surface area contributed by atoms with E-state index in [2.05, 4.69) is 4.98 Å². The van der Waals surface area contributed by atoms with E-state index < -0.39 is 5.97 Å². The fourth-order valence-corrected chi connectivity index (χ4v) is 3.03. The zero-order valence-corrected chi connectivity index (χ0v) is 14.1. The Morgan fingerprint density at radius 2 is 1.88 bits per heavy atom. The van der Waals surface area contributed by atoms with Crippen molar-refractivity contribution in [1.82, 2.24) is 4.98 Å². The third-order valence-corrected chi connectivity index (χ3v) is 4.23. The number of hydrogen-bond donors (Lipinski definition) is 1. The summed E-state index contributed by atoms with van der Waals surface area (Å²) in [6, 6.07) is 14.3. The highest BCUT2D eigenvalue weighted by atomic mass is 16.5. The normalized spacial score (nSPS) is 11.0. The molecule has 0 spiro atoms. The van der Waals surface area contributed by atoms with Gasteiger partial charge in [0.05, 0.1) is 19.7 Å². The van der Waals surface area contributed by atoms with Crippen molar-refractivity contribution < 1.29 is 23.8 Å². The van der Waals surface area contributed by atoms with Gasteiger partial charge in [0.25, 0.3) is 0 Å². The van der Waals surface area contributed by atoms with E-state index in [-0.39, 0.29) is 11.3 Å². The van der Waals surface area contributed by atoms with E-state index in [0.29, 0.717) is 33.7 Å². The van der Waals surface area contributed by atoms with E-state index in [0.717, 1.165) is 5.39 Å². The highest BCUT2D eigenvalue weighted by Gasteiger charge is 2.24. The summed E-state index contributed by atoms with van der Waals surface area (Å²) in [4.78, 5) is 16.5. The van der Waals surface area contributed by atoms with Gasteiger partial charge in [-0.25, -0.2) is 9.78 Å². The first-order chi connectivity index (χ1) is 12.6. The lowest BCUT2D eigenvalue weighted by molar-refractivity contribution is 0.0695. The van der Waals surface area contributed by atoms with Crippen LogP contribution in [0, 0.1) is 0 Å². The lowest BCUT2D eigenvalue weighted by Crippen LogP contribution is -2.05. The molecule has 6 heteroatoms. The smallest absolute Gasteiger partial charge is 0.340 e. The molecule has 0 aliphatic carbocycles. The Labute approximate surface area is 148 Å². The van der Waals surface area contributed by atoms with Crippen molar-refractivity contribution in [2.45, 2.75) is 0 Å². The van der Waals surface area contributed by atoms with Gasteiger partial charge in [-0.15, -0.1) is 0 Å². The molecule has 4 rings (SSSR count). The van der Waals surface area contributed by atoms with Crippen LogP contribution in [0.25, 0.3) is 33.3 Å². The number of nitrogens with zero attached hydrogens (tertiary/aromatic N) is 1. The SMILES string of the molecule is COc1ccc2cc(-c3nc4ccccc4c(C(=O)O)c3OC)oc2c1. The number of carboxylic acid groups (broad SMARTS) is 1. The van der Waals surface area contributed by atoms with Crippen LogP contribution in [0.3, 0.4) is 0 Å². The van der Waals surface area contributed by atoms with Crippen molar-refractivity contribution >= 4 is 27.8 Å². The van der Waals surface area contributed by atoms with Gasteiger partial charge in [-0.05, 0) is 24.3 Å². The van der Waals surface area contributed by atoms with E-state index in [1.54, 1.807) is 43.5 Å². The van der Waals surface area contributed by atoms with E-state index in [9.17, 15) is 9.90 Å². The van der Waals surface area contributed by atoms with Gasteiger partial charge in [0.1, 0.15) is 22.6 Å². The van der Waals surface area contributed by atoms with Gasteiger partial charge in [0.15, 0.2) is 11.5 Å². The Kier molecular flexibility index (Phi) is 3.73. The van der Waals surface area contributed by atoms with Gasteiger partial charge in [-0.3, -0.25) is 0 Å². The number of benzene rings is 2. The van der Waals surface area contributed by atoms with Crippen LogP contribution in [-0.4, -0.2) is 30.3 Å². The molecule has 0 saturated heterocycles. The molecule has 26 heavy (non-hydrogen) atoms. The number of carboxylic acids is 1. The largest absolute Gasteiger partial charge is 0.497 e. The minimum atomic E-state index is -1.08. The van der Waals surface area contributed by atoms with Crippen LogP contribution in [0.15, 0.2) is 52.9 Å². The predicted octanol–water partition coefficient (Wildman–Crippen LogP) is 4.36. The molecule has 0 amide bonds. The second-order valence-corrected chi connectivity index (χ2v) is 5.71. The van der Waals surface area contributed by atoms with E-state index in [1.807, 2.05) is 12.1 Å². The minimum Gasteiger partial charge on any atom is -0.497 e. The number of aromatic nitrogens is 1. The first-order valence-electron chi connectivity index (χ1n) is 7.90. The lowest BCUT2D eigenvalue weighted by Gasteiger charge is -2.12. The molecule has 0 bridgehead atoms. The fourth-order valence-electron chi connectivity index (χ4n) is 3.03. The number of rotatable bonds is 4. The third-order valence-electron chi connectivity index (χ3n) is 4.23. The standard InChI is InChI=1S/C20H15NO5/c1-24-12-8-7-11-9-16(26-15(11)10-12)18-19(25-2)17(20(22)23)13-5-3-4-6-14(13)21-18/h3-10H,1-2H3,(H,22,23). The van der Waals surface area contributed by atoms with Gasteiger partial charge >= 0.3 is 5.97 Å². The summed E-state index contributed by atoms with van der Waals surface area (Å²) in [6.45, 7) is 0. The second-order valence-electron chi connectivity index (χ2n) is 5.71. The Morgan fingerprint density at radius 1 is 1.08 bits per heavy atom. The Hall–Kier alpha value is -3.54. The molecule has 0 saturated carbocycles. The first kappa shape index (κ1) is 16.0. The van der Waals surface area contributed by atoms with Gasteiger partial charge < -0.3 is 19.0 Å². The molecule has 0 atom stereocenters. The molecule has 4 aromatic rings. The predicted molar refractivity (Wildman–Crippen MR) is 97.0 cm³/mol.